The zero-order valence-corrected chi connectivity index (χ0v) is 9.96. The van der Waals surface area contributed by atoms with Crippen molar-refractivity contribution in [3.05, 3.63) is 41.3 Å². The third kappa shape index (κ3) is 2.62. The number of aromatic nitrogens is 2. The average molecular weight is 236 g/mol. The van der Waals surface area contributed by atoms with Crippen LogP contribution in [0.5, 0.6) is 0 Å². The molecule has 0 spiro atoms. The second-order valence-corrected chi connectivity index (χ2v) is 4.35. The smallest absolute Gasteiger partial charge is 0.277 e. The molecule has 0 unspecified atom stereocenters. The molecule has 1 aromatic carbocycles. The van der Waals surface area contributed by atoms with Gasteiger partial charge in [0, 0.05) is 5.75 Å². The van der Waals surface area contributed by atoms with E-state index in [1.54, 1.807) is 11.8 Å². The van der Waals surface area contributed by atoms with Crippen LogP contribution in [0.25, 0.3) is 0 Å². The fraction of sp³-hybridized carbons (Fsp3) is 0.273. The van der Waals surface area contributed by atoms with Gasteiger partial charge in [-0.1, -0.05) is 36.0 Å². The molecule has 0 aliphatic rings. The number of hydrogen-bond donors (Lipinski definition) is 1. The molecular weight excluding hydrogens is 222 g/mol. The van der Waals surface area contributed by atoms with Crippen LogP contribution < -0.4 is 5.73 Å². The van der Waals surface area contributed by atoms with Crippen molar-refractivity contribution in [1.82, 2.24) is 10.2 Å². The molecule has 0 bridgehead atoms. The Morgan fingerprint density at radius 1 is 1.31 bits per heavy atom. The number of aryl methyl sites for hydroxylation is 1. The molecule has 0 atom stereocenters. The molecule has 0 fully saturated rings. The SMILES string of the molecule is Cc1ccccc1CSc1nnc(C[NH3+])o1. The molecule has 4 nitrogen and oxygen atoms in total. The highest BCUT2D eigenvalue weighted by Gasteiger charge is 2.07. The number of hydrogen-bond acceptors (Lipinski definition) is 4. The molecule has 0 saturated carbocycles. The van der Waals surface area contributed by atoms with Crippen LogP contribution in [0.3, 0.4) is 0 Å². The van der Waals surface area contributed by atoms with E-state index in [-0.39, 0.29) is 0 Å². The first-order valence-corrected chi connectivity index (χ1v) is 6.07. The van der Waals surface area contributed by atoms with Crippen LogP contribution in [0.15, 0.2) is 33.9 Å². The molecule has 1 aromatic heterocycles. The Kier molecular flexibility index (Phi) is 3.58. The van der Waals surface area contributed by atoms with Gasteiger partial charge in [0.25, 0.3) is 11.1 Å². The average Bonchev–Trinajstić information content (AvgIpc) is 2.76. The third-order valence-electron chi connectivity index (χ3n) is 2.27. The van der Waals surface area contributed by atoms with Gasteiger partial charge in [0.2, 0.25) is 0 Å². The van der Waals surface area contributed by atoms with Crippen molar-refractivity contribution < 1.29 is 10.2 Å². The standard InChI is InChI=1S/C11H13N3OS/c1-8-4-2-3-5-9(8)7-16-11-14-13-10(6-12)15-11/h2-5H,6-7,12H2,1H3/p+1. The first-order valence-electron chi connectivity index (χ1n) is 5.08. The van der Waals surface area contributed by atoms with E-state index >= 15 is 0 Å². The second kappa shape index (κ2) is 5.14. The van der Waals surface area contributed by atoms with Gasteiger partial charge in [-0.3, -0.25) is 0 Å². The number of nitrogens with zero attached hydrogens (tertiary/aromatic N) is 2. The molecular formula is C11H14N3OS+. The van der Waals surface area contributed by atoms with Gasteiger partial charge < -0.3 is 10.2 Å². The monoisotopic (exact) mass is 236 g/mol. The Morgan fingerprint density at radius 3 is 2.81 bits per heavy atom. The maximum Gasteiger partial charge on any atom is 0.277 e. The fourth-order valence-corrected chi connectivity index (χ4v) is 2.17. The lowest BCUT2D eigenvalue weighted by molar-refractivity contribution is -0.391. The highest BCUT2D eigenvalue weighted by Crippen LogP contribution is 2.22. The van der Waals surface area contributed by atoms with E-state index in [2.05, 4.69) is 35.0 Å². The molecule has 0 radical (unpaired) electrons. The molecule has 84 valence electrons. The zero-order valence-electron chi connectivity index (χ0n) is 9.14. The Bertz CT molecular complexity index is 470. The summed E-state index contributed by atoms with van der Waals surface area (Å²) < 4.78 is 5.37. The number of thioether (sulfide) groups is 1. The highest BCUT2D eigenvalue weighted by atomic mass is 32.2. The lowest BCUT2D eigenvalue weighted by Crippen LogP contribution is -2.47. The minimum Gasteiger partial charge on any atom is -0.410 e. The van der Waals surface area contributed by atoms with Crippen molar-refractivity contribution in [3.63, 3.8) is 0 Å². The van der Waals surface area contributed by atoms with Crippen LogP contribution in [-0.2, 0) is 12.3 Å². The summed E-state index contributed by atoms with van der Waals surface area (Å²) in [6.45, 7) is 2.64. The van der Waals surface area contributed by atoms with Crippen LogP contribution in [-0.4, -0.2) is 10.2 Å². The summed E-state index contributed by atoms with van der Waals surface area (Å²) in [5.74, 6) is 1.44. The van der Waals surface area contributed by atoms with Gasteiger partial charge >= 0.3 is 0 Å². The molecule has 2 aromatic rings. The molecule has 0 saturated heterocycles. The predicted molar refractivity (Wildman–Crippen MR) is 61.6 cm³/mol. The maximum atomic E-state index is 5.37. The van der Waals surface area contributed by atoms with Gasteiger partial charge in [-0.05, 0) is 18.1 Å². The van der Waals surface area contributed by atoms with Crippen LogP contribution in [0.4, 0.5) is 0 Å². The van der Waals surface area contributed by atoms with Crippen LogP contribution >= 0.6 is 11.8 Å². The number of benzene rings is 1. The molecule has 2 rings (SSSR count). The normalized spacial score (nSPS) is 10.6. The molecule has 16 heavy (non-hydrogen) atoms. The second-order valence-electron chi connectivity index (χ2n) is 3.43. The number of quaternary nitrogens is 1. The van der Waals surface area contributed by atoms with Gasteiger partial charge in [0.05, 0.1) is 0 Å². The van der Waals surface area contributed by atoms with Gasteiger partial charge in [-0.15, -0.1) is 10.2 Å². The van der Waals surface area contributed by atoms with Gasteiger partial charge in [-0.2, -0.15) is 0 Å². The maximum absolute atomic E-state index is 5.37. The molecule has 0 amide bonds. The molecule has 3 N–H and O–H groups in total. The zero-order chi connectivity index (χ0) is 11.4. The summed E-state index contributed by atoms with van der Waals surface area (Å²) >= 11 is 1.56. The topological polar surface area (TPSA) is 66.6 Å². The lowest BCUT2D eigenvalue weighted by atomic mass is 10.1. The molecule has 1 heterocycles. The van der Waals surface area contributed by atoms with Crippen molar-refractivity contribution in [1.29, 1.82) is 0 Å². The summed E-state index contributed by atoms with van der Waals surface area (Å²) in [6, 6.07) is 8.29. The van der Waals surface area contributed by atoms with Crippen molar-refractivity contribution in [2.24, 2.45) is 0 Å². The summed E-state index contributed by atoms with van der Waals surface area (Å²) in [5, 5.41) is 8.42. The Labute approximate surface area is 98.2 Å². The van der Waals surface area contributed by atoms with E-state index in [0.717, 1.165) is 5.75 Å². The van der Waals surface area contributed by atoms with E-state index in [1.165, 1.54) is 11.1 Å². The minimum absolute atomic E-state index is 0.540. The predicted octanol–water partition coefficient (Wildman–Crippen LogP) is 1.41. The Morgan fingerprint density at radius 2 is 2.12 bits per heavy atom. The quantitative estimate of drug-likeness (QED) is 0.815. The van der Waals surface area contributed by atoms with E-state index < -0.39 is 0 Å². The van der Waals surface area contributed by atoms with Crippen LogP contribution in [0.1, 0.15) is 17.0 Å². The first-order chi connectivity index (χ1) is 7.79. The third-order valence-corrected chi connectivity index (χ3v) is 3.14. The molecule has 5 heteroatoms. The van der Waals surface area contributed by atoms with E-state index in [4.69, 9.17) is 4.42 Å². The van der Waals surface area contributed by atoms with E-state index in [1.807, 2.05) is 12.1 Å². The van der Waals surface area contributed by atoms with E-state index in [9.17, 15) is 0 Å². The van der Waals surface area contributed by atoms with Crippen molar-refractivity contribution in [2.75, 3.05) is 0 Å². The van der Waals surface area contributed by atoms with Crippen LogP contribution in [0, 0.1) is 6.92 Å². The fourth-order valence-electron chi connectivity index (χ4n) is 1.31. The minimum atomic E-state index is 0.540. The van der Waals surface area contributed by atoms with Gasteiger partial charge in [0.15, 0.2) is 6.54 Å². The van der Waals surface area contributed by atoms with Crippen LogP contribution in [0.2, 0.25) is 0 Å². The summed E-state index contributed by atoms with van der Waals surface area (Å²) in [4.78, 5) is 0. The van der Waals surface area contributed by atoms with Crippen molar-refractivity contribution >= 4 is 11.8 Å². The van der Waals surface area contributed by atoms with E-state index in [0.29, 0.717) is 17.7 Å². The largest absolute Gasteiger partial charge is 0.410 e. The first kappa shape index (κ1) is 11.2. The summed E-state index contributed by atoms with van der Waals surface area (Å²) in [6.07, 6.45) is 0. The Hall–Kier alpha value is -1.33. The highest BCUT2D eigenvalue weighted by molar-refractivity contribution is 7.98. The van der Waals surface area contributed by atoms with Crippen molar-refractivity contribution in [3.8, 4) is 0 Å². The van der Waals surface area contributed by atoms with Gasteiger partial charge in [0.1, 0.15) is 0 Å². The lowest BCUT2D eigenvalue weighted by Gasteiger charge is -2.01. The summed E-state index contributed by atoms with van der Waals surface area (Å²) in [7, 11) is 0. The van der Waals surface area contributed by atoms with Gasteiger partial charge in [-0.25, -0.2) is 0 Å². The molecule has 0 aliphatic heterocycles. The Balaban J connectivity index is 1.99. The number of rotatable bonds is 4. The summed E-state index contributed by atoms with van der Waals surface area (Å²) in [5.41, 5.74) is 6.27. The molecule has 0 aliphatic carbocycles. The van der Waals surface area contributed by atoms with Crippen molar-refractivity contribution in [2.45, 2.75) is 24.4 Å².